The molecule has 4 heteroatoms. The van der Waals surface area contributed by atoms with Crippen LogP contribution in [0.2, 0.25) is 5.02 Å². The average Bonchev–Trinajstić information content (AvgIpc) is 2.29. The first kappa shape index (κ1) is 12.8. The van der Waals surface area contributed by atoms with E-state index in [1.165, 1.54) is 0 Å². The fourth-order valence-corrected chi connectivity index (χ4v) is 3.11. The SMILES string of the molecule is CCC1(C)CCSC(Nc2cccc(Cl)c2)=N1. The molecule has 0 spiro atoms. The molecule has 0 amide bonds. The summed E-state index contributed by atoms with van der Waals surface area (Å²) in [5.41, 5.74) is 1.09. The predicted molar refractivity (Wildman–Crippen MR) is 78.3 cm³/mol. The van der Waals surface area contributed by atoms with E-state index in [9.17, 15) is 0 Å². The van der Waals surface area contributed by atoms with Gasteiger partial charge in [-0.25, -0.2) is 0 Å². The highest BCUT2D eigenvalue weighted by Gasteiger charge is 2.25. The van der Waals surface area contributed by atoms with Crippen molar-refractivity contribution in [2.24, 2.45) is 4.99 Å². The second kappa shape index (κ2) is 5.32. The van der Waals surface area contributed by atoms with E-state index in [0.717, 1.165) is 34.5 Å². The van der Waals surface area contributed by atoms with Crippen molar-refractivity contribution in [3.05, 3.63) is 29.3 Å². The number of benzene rings is 1. The van der Waals surface area contributed by atoms with Crippen LogP contribution in [0.3, 0.4) is 0 Å². The highest BCUT2D eigenvalue weighted by Crippen LogP contribution is 2.30. The van der Waals surface area contributed by atoms with Crippen molar-refractivity contribution in [1.29, 1.82) is 0 Å². The van der Waals surface area contributed by atoms with E-state index < -0.39 is 0 Å². The van der Waals surface area contributed by atoms with Gasteiger partial charge in [-0.3, -0.25) is 4.99 Å². The number of hydrogen-bond acceptors (Lipinski definition) is 3. The number of thioether (sulfide) groups is 1. The Labute approximate surface area is 112 Å². The standard InChI is InChI=1S/C13H17ClN2S/c1-3-13(2)7-8-17-12(16-13)15-11-6-4-5-10(14)9-11/h4-6,9H,3,7-8H2,1-2H3,(H,15,16). The first-order chi connectivity index (χ1) is 8.11. The van der Waals surface area contributed by atoms with Crippen molar-refractivity contribution in [2.45, 2.75) is 32.2 Å². The number of hydrogen-bond donors (Lipinski definition) is 1. The molecule has 1 N–H and O–H groups in total. The molecule has 2 nitrogen and oxygen atoms in total. The monoisotopic (exact) mass is 268 g/mol. The van der Waals surface area contributed by atoms with E-state index in [2.05, 4.69) is 19.2 Å². The fraction of sp³-hybridized carbons (Fsp3) is 0.462. The van der Waals surface area contributed by atoms with Crippen LogP contribution in [0.4, 0.5) is 5.69 Å². The van der Waals surface area contributed by atoms with Crippen LogP contribution in [0.25, 0.3) is 0 Å². The van der Waals surface area contributed by atoms with E-state index in [4.69, 9.17) is 16.6 Å². The molecule has 0 aromatic heterocycles. The molecule has 0 radical (unpaired) electrons. The van der Waals surface area contributed by atoms with E-state index in [1.54, 1.807) is 11.8 Å². The van der Waals surface area contributed by atoms with Gasteiger partial charge in [-0.15, -0.1) is 0 Å². The van der Waals surface area contributed by atoms with Gasteiger partial charge in [0.25, 0.3) is 0 Å². The summed E-state index contributed by atoms with van der Waals surface area (Å²) < 4.78 is 0. The second-order valence-electron chi connectivity index (χ2n) is 4.50. The van der Waals surface area contributed by atoms with Crippen molar-refractivity contribution in [3.63, 3.8) is 0 Å². The first-order valence-electron chi connectivity index (χ1n) is 5.86. The van der Waals surface area contributed by atoms with Gasteiger partial charge in [0.15, 0.2) is 5.17 Å². The molecule has 1 atom stereocenters. The number of nitrogens with one attached hydrogen (secondary N) is 1. The molecular weight excluding hydrogens is 252 g/mol. The summed E-state index contributed by atoms with van der Waals surface area (Å²) in [5.74, 6) is 1.12. The number of rotatable bonds is 2. The summed E-state index contributed by atoms with van der Waals surface area (Å²) in [6.07, 6.45) is 2.23. The van der Waals surface area contributed by atoms with Crippen molar-refractivity contribution in [3.8, 4) is 0 Å². The van der Waals surface area contributed by atoms with Crippen molar-refractivity contribution < 1.29 is 0 Å². The summed E-state index contributed by atoms with van der Waals surface area (Å²) in [6.45, 7) is 4.41. The van der Waals surface area contributed by atoms with Crippen LogP contribution in [0, 0.1) is 0 Å². The highest BCUT2D eigenvalue weighted by atomic mass is 35.5. The smallest absolute Gasteiger partial charge is 0.161 e. The van der Waals surface area contributed by atoms with Gasteiger partial charge in [0.1, 0.15) is 0 Å². The summed E-state index contributed by atoms with van der Waals surface area (Å²) >= 11 is 7.74. The Morgan fingerprint density at radius 3 is 3.06 bits per heavy atom. The van der Waals surface area contributed by atoms with E-state index in [0.29, 0.717) is 0 Å². The molecule has 0 saturated carbocycles. The van der Waals surface area contributed by atoms with Crippen LogP contribution >= 0.6 is 23.4 Å². The lowest BCUT2D eigenvalue weighted by molar-refractivity contribution is 0.443. The lowest BCUT2D eigenvalue weighted by Crippen LogP contribution is -2.29. The van der Waals surface area contributed by atoms with Gasteiger partial charge >= 0.3 is 0 Å². The van der Waals surface area contributed by atoms with Gasteiger partial charge in [-0.05, 0) is 38.0 Å². The molecule has 1 aromatic rings. The Bertz CT molecular complexity index is 433. The lowest BCUT2D eigenvalue weighted by atomic mass is 9.97. The normalized spacial score (nSPS) is 24.3. The molecular formula is C13H17ClN2S. The summed E-state index contributed by atoms with van der Waals surface area (Å²) in [7, 11) is 0. The number of anilines is 1. The molecule has 17 heavy (non-hydrogen) atoms. The molecule has 92 valence electrons. The Kier molecular flexibility index (Phi) is 4.00. The van der Waals surface area contributed by atoms with Crippen LogP contribution in [0.1, 0.15) is 26.7 Å². The Morgan fingerprint density at radius 2 is 2.35 bits per heavy atom. The van der Waals surface area contributed by atoms with E-state index >= 15 is 0 Å². The molecule has 1 unspecified atom stereocenters. The molecule has 1 aliphatic rings. The number of halogens is 1. The Balaban J connectivity index is 2.13. The van der Waals surface area contributed by atoms with Crippen molar-refractivity contribution >= 4 is 34.2 Å². The third-order valence-electron chi connectivity index (χ3n) is 3.09. The number of nitrogens with zero attached hydrogens (tertiary/aromatic N) is 1. The summed E-state index contributed by atoms with van der Waals surface area (Å²) in [6, 6.07) is 7.74. The number of amidine groups is 1. The van der Waals surface area contributed by atoms with E-state index in [-0.39, 0.29) is 5.54 Å². The minimum atomic E-state index is 0.0894. The molecule has 1 aliphatic heterocycles. The summed E-state index contributed by atoms with van der Waals surface area (Å²) in [4.78, 5) is 4.78. The van der Waals surface area contributed by atoms with Crippen LogP contribution in [-0.2, 0) is 0 Å². The fourth-order valence-electron chi connectivity index (χ4n) is 1.71. The van der Waals surface area contributed by atoms with Crippen LogP contribution in [0.5, 0.6) is 0 Å². The molecule has 2 rings (SSSR count). The predicted octanol–water partition coefficient (Wildman–Crippen LogP) is 4.41. The maximum Gasteiger partial charge on any atom is 0.161 e. The molecule has 0 aliphatic carbocycles. The zero-order valence-corrected chi connectivity index (χ0v) is 11.7. The highest BCUT2D eigenvalue weighted by molar-refractivity contribution is 8.14. The largest absolute Gasteiger partial charge is 0.335 e. The summed E-state index contributed by atoms with van der Waals surface area (Å²) in [5, 5.41) is 5.09. The van der Waals surface area contributed by atoms with E-state index in [1.807, 2.05) is 24.3 Å². The van der Waals surface area contributed by atoms with Gasteiger partial charge in [-0.2, -0.15) is 0 Å². The van der Waals surface area contributed by atoms with Crippen LogP contribution in [0.15, 0.2) is 29.3 Å². The van der Waals surface area contributed by atoms with Crippen molar-refractivity contribution in [2.75, 3.05) is 11.1 Å². The van der Waals surface area contributed by atoms with Gasteiger partial charge < -0.3 is 5.32 Å². The zero-order valence-electron chi connectivity index (χ0n) is 10.2. The lowest BCUT2D eigenvalue weighted by Gasteiger charge is -2.29. The second-order valence-corrected chi connectivity index (χ2v) is 6.02. The van der Waals surface area contributed by atoms with Crippen LogP contribution in [-0.4, -0.2) is 16.5 Å². The van der Waals surface area contributed by atoms with Gasteiger partial charge in [0.2, 0.25) is 0 Å². The molecule has 1 aromatic carbocycles. The number of aliphatic imine (C=N–C) groups is 1. The minimum absolute atomic E-state index is 0.0894. The quantitative estimate of drug-likeness (QED) is 0.859. The topological polar surface area (TPSA) is 24.4 Å². The molecule has 1 heterocycles. The zero-order chi connectivity index (χ0) is 12.3. The third kappa shape index (κ3) is 3.39. The maximum absolute atomic E-state index is 5.96. The minimum Gasteiger partial charge on any atom is -0.335 e. The first-order valence-corrected chi connectivity index (χ1v) is 7.23. The Hall–Kier alpha value is -0.670. The Morgan fingerprint density at radius 1 is 1.53 bits per heavy atom. The van der Waals surface area contributed by atoms with Gasteiger partial charge in [0, 0.05) is 16.5 Å². The van der Waals surface area contributed by atoms with Crippen LogP contribution < -0.4 is 5.32 Å². The van der Waals surface area contributed by atoms with Crippen molar-refractivity contribution in [1.82, 2.24) is 0 Å². The molecule has 0 bridgehead atoms. The maximum atomic E-state index is 5.96. The molecule has 0 saturated heterocycles. The third-order valence-corrected chi connectivity index (χ3v) is 4.20. The van der Waals surface area contributed by atoms with Gasteiger partial charge in [0.05, 0.1) is 5.54 Å². The average molecular weight is 269 g/mol. The van der Waals surface area contributed by atoms with Gasteiger partial charge in [-0.1, -0.05) is 36.4 Å². The molecule has 0 fully saturated rings.